The van der Waals surface area contributed by atoms with Crippen molar-refractivity contribution >= 4 is 11.7 Å². The van der Waals surface area contributed by atoms with E-state index in [0.717, 1.165) is 11.3 Å². The van der Waals surface area contributed by atoms with Crippen LogP contribution in [0.3, 0.4) is 0 Å². The Morgan fingerprint density at radius 3 is 2.33 bits per heavy atom. The number of anilines is 1. The molecule has 0 bridgehead atoms. The minimum Gasteiger partial charge on any atom is -0.466 e. The van der Waals surface area contributed by atoms with Gasteiger partial charge < -0.3 is 10.1 Å². The Kier molecular flexibility index (Phi) is 4.72. The van der Waals surface area contributed by atoms with E-state index in [-0.39, 0.29) is 11.4 Å². The van der Waals surface area contributed by atoms with E-state index in [0.29, 0.717) is 0 Å². The fourth-order valence-corrected chi connectivity index (χ4v) is 1.98. The minimum atomic E-state index is -0.507. The summed E-state index contributed by atoms with van der Waals surface area (Å²) in [5, 5.41) is 3.21. The first kappa shape index (κ1) is 14.8. The van der Waals surface area contributed by atoms with Gasteiger partial charge in [0.15, 0.2) is 0 Å². The maximum absolute atomic E-state index is 13.1. The first-order valence-electron chi connectivity index (χ1n) is 6.46. The van der Waals surface area contributed by atoms with Gasteiger partial charge in [-0.2, -0.15) is 0 Å². The van der Waals surface area contributed by atoms with Crippen molar-refractivity contribution in [2.24, 2.45) is 0 Å². The summed E-state index contributed by atoms with van der Waals surface area (Å²) in [7, 11) is 1.30. The van der Waals surface area contributed by atoms with E-state index in [1.165, 1.54) is 19.2 Å². The average molecular weight is 285 g/mol. The van der Waals surface area contributed by atoms with Crippen LogP contribution in [0.25, 0.3) is 0 Å². The highest BCUT2D eigenvalue weighted by molar-refractivity contribution is 5.90. The van der Waals surface area contributed by atoms with E-state index in [9.17, 15) is 9.18 Å². The summed E-state index contributed by atoms with van der Waals surface area (Å²) in [4.78, 5) is 11.7. The number of carbonyl (C=O) groups is 1. The maximum Gasteiger partial charge on any atom is 0.335 e. The van der Waals surface area contributed by atoms with E-state index >= 15 is 0 Å². The zero-order valence-electron chi connectivity index (χ0n) is 11.7. The molecule has 0 aliphatic rings. The molecule has 2 rings (SSSR count). The second-order valence-corrected chi connectivity index (χ2v) is 4.51. The Labute approximate surface area is 123 Å². The van der Waals surface area contributed by atoms with Crippen molar-refractivity contribution in [2.45, 2.75) is 6.04 Å². The molecule has 3 nitrogen and oxygen atoms in total. The number of hydrogen-bond acceptors (Lipinski definition) is 3. The third kappa shape index (κ3) is 3.69. The number of para-hydroxylation sites is 1. The van der Waals surface area contributed by atoms with Crippen LogP contribution in [0.2, 0.25) is 0 Å². The van der Waals surface area contributed by atoms with Crippen molar-refractivity contribution in [1.29, 1.82) is 0 Å². The van der Waals surface area contributed by atoms with Crippen LogP contribution >= 0.6 is 0 Å². The first-order valence-corrected chi connectivity index (χ1v) is 6.46. The minimum absolute atomic E-state index is 0.257. The molecule has 4 heteroatoms. The van der Waals surface area contributed by atoms with E-state index in [1.807, 2.05) is 30.3 Å². The Bertz CT molecular complexity index is 623. The van der Waals surface area contributed by atoms with Crippen LogP contribution in [-0.2, 0) is 9.53 Å². The molecule has 0 saturated carbocycles. The van der Waals surface area contributed by atoms with Gasteiger partial charge in [0.05, 0.1) is 18.7 Å². The van der Waals surface area contributed by atoms with Crippen molar-refractivity contribution in [3.8, 4) is 0 Å². The number of nitrogens with one attached hydrogen (secondary N) is 1. The number of halogens is 1. The Hall–Kier alpha value is -2.62. The molecule has 21 heavy (non-hydrogen) atoms. The lowest BCUT2D eigenvalue weighted by molar-refractivity contribution is -0.136. The quantitative estimate of drug-likeness (QED) is 0.672. The van der Waals surface area contributed by atoms with E-state index in [1.54, 1.807) is 12.1 Å². The largest absolute Gasteiger partial charge is 0.466 e. The molecule has 0 heterocycles. The van der Waals surface area contributed by atoms with Crippen LogP contribution in [0, 0.1) is 5.82 Å². The van der Waals surface area contributed by atoms with Crippen molar-refractivity contribution < 1.29 is 13.9 Å². The monoisotopic (exact) mass is 285 g/mol. The van der Waals surface area contributed by atoms with Crippen molar-refractivity contribution in [3.63, 3.8) is 0 Å². The summed E-state index contributed by atoms with van der Waals surface area (Å²) >= 11 is 0. The lowest BCUT2D eigenvalue weighted by atomic mass is 9.99. The SMILES string of the molecule is C=C(C(=O)OC)[C@H](Nc1ccccc1)c1ccc(F)cc1. The van der Waals surface area contributed by atoms with Crippen molar-refractivity contribution in [1.82, 2.24) is 0 Å². The third-order valence-electron chi connectivity index (χ3n) is 3.08. The molecule has 0 fully saturated rings. The summed E-state index contributed by atoms with van der Waals surface area (Å²) in [6, 6.07) is 14.8. The predicted octanol–water partition coefficient (Wildman–Crippen LogP) is 3.71. The topological polar surface area (TPSA) is 38.3 Å². The van der Waals surface area contributed by atoms with Crippen LogP contribution in [0.15, 0.2) is 66.7 Å². The smallest absolute Gasteiger partial charge is 0.335 e. The summed E-state index contributed by atoms with van der Waals surface area (Å²) in [6.45, 7) is 3.79. The third-order valence-corrected chi connectivity index (χ3v) is 3.08. The van der Waals surface area contributed by atoms with Gasteiger partial charge in [0, 0.05) is 5.69 Å². The van der Waals surface area contributed by atoms with Gasteiger partial charge in [-0.05, 0) is 29.8 Å². The predicted molar refractivity (Wildman–Crippen MR) is 80.4 cm³/mol. The molecule has 0 aromatic heterocycles. The summed E-state index contributed by atoms with van der Waals surface area (Å²) in [5.41, 5.74) is 1.82. The molecule has 2 aromatic carbocycles. The highest BCUT2D eigenvalue weighted by Gasteiger charge is 2.21. The zero-order valence-corrected chi connectivity index (χ0v) is 11.7. The van der Waals surface area contributed by atoms with Crippen LogP contribution in [0.1, 0.15) is 11.6 Å². The molecule has 0 radical (unpaired) electrons. The number of carbonyl (C=O) groups excluding carboxylic acids is 1. The van der Waals surface area contributed by atoms with Crippen LogP contribution in [0.5, 0.6) is 0 Å². The highest BCUT2D eigenvalue weighted by atomic mass is 19.1. The standard InChI is InChI=1S/C17H16FNO2/c1-12(17(20)21-2)16(13-8-10-14(18)11-9-13)19-15-6-4-3-5-7-15/h3-11,16,19H,1H2,2H3/t16-/m0/s1. The van der Waals surface area contributed by atoms with E-state index in [2.05, 4.69) is 11.9 Å². The molecule has 0 aliphatic carbocycles. The molecule has 0 aliphatic heterocycles. The van der Waals surface area contributed by atoms with Gasteiger partial charge in [0.25, 0.3) is 0 Å². The van der Waals surface area contributed by atoms with Crippen molar-refractivity contribution in [2.75, 3.05) is 12.4 Å². The van der Waals surface area contributed by atoms with Crippen LogP contribution in [0.4, 0.5) is 10.1 Å². The number of rotatable bonds is 5. The lowest BCUT2D eigenvalue weighted by Crippen LogP contribution is -2.19. The molecule has 0 spiro atoms. The van der Waals surface area contributed by atoms with Gasteiger partial charge in [-0.15, -0.1) is 0 Å². The maximum atomic E-state index is 13.1. The molecular formula is C17H16FNO2. The lowest BCUT2D eigenvalue weighted by Gasteiger charge is -2.21. The number of hydrogen-bond donors (Lipinski definition) is 1. The summed E-state index contributed by atoms with van der Waals surface area (Å²) in [6.07, 6.45) is 0. The zero-order chi connectivity index (χ0) is 15.2. The van der Waals surface area contributed by atoms with E-state index < -0.39 is 12.0 Å². The van der Waals surface area contributed by atoms with Gasteiger partial charge in [-0.1, -0.05) is 36.9 Å². The molecule has 0 amide bonds. The second-order valence-electron chi connectivity index (χ2n) is 4.51. The molecule has 0 saturated heterocycles. The fourth-order valence-electron chi connectivity index (χ4n) is 1.98. The number of methoxy groups -OCH3 is 1. The summed E-state index contributed by atoms with van der Waals surface area (Å²) < 4.78 is 17.8. The number of benzene rings is 2. The molecule has 108 valence electrons. The van der Waals surface area contributed by atoms with Crippen molar-refractivity contribution in [3.05, 3.63) is 78.1 Å². The Morgan fingerprint density at radius 1 is 1.14 bits per heavy atom. The second kappa shape index (κ2) is 6.70. The summed E-state index contributed by atoms with van der Waals surface area (Å²) in [5.74, 6) is -0.839. The molecule has 1 N–H and O–H groups in total. The molecule has 1 atom stereocenters. The number of ether oxygens (including phenoxy) is 1. The van der Waals surface area contributed by atoms with Crippen LogP contribution in [-0.4, -0.2) is 13.1 Å². The molecule has 2 aromatic rings. The van der Waals surface area contributed by atoms with Gasteiger partial charge in [0.1, 0.15) is 5.82 Å². The molecule has 0 unspecified atom stereocenters. The van der Waals surface area contributed by atoms with E-state index in [4.69, 9.17) is 4.74 Å². The van der Waals surface area contributed by atoms with Gasteiger partial charge in [-0.3, -0.25) is 0 Å². The molecular weight excluding hydrogens is 269 g/mol. The first-order chi connectivity index (χ1) is 10.1. The van der Waals surface area contributed by atoms with Gasteiger partial charge in [0.2, 0.25) is 0 Å². The Morgan fingerprint density at radius 2 is 1.76 bits per heavy atom. The fraction of sp³-hybridized carbons (Fsp3) is 0.118. The normalized spacial score (nSPS) is 11.5. The van der Waals surface area contributed by atoms with Crippen LogP contribution < -0.4 is 5.32 Å². The highest BCUT2D eigenvalue weighted by Crippen LogP contribution is 2.26. The Balaban J connectivity index is 2.32. The average Bonchev–Trinajstić information content (AvgIpc) is 2.53. The van der Waals surface area contributed by atoms with Gasteiger partial charge in [-0.25, -0.2) is 9.18 Å². The van der Waals surface area contributed by atoms with Gasteiger partial charge >= 0.3 is 5.97 Å². The number of esters is 1.